The van der Waals surface area contributed by atoms with Crippen LogP contribution in [0.2, 0.25) is 0 Å². The van der Waals surface area contributed by atoms with E-state index in [1.807, 2.05) is 0 Å². The van der Waals surface area contributed by atoms with Crippen molar-refractivity contribution in [3.8, 4) is 21.9 Å². The molecular weight excluding hydrogens is 495 g/mol. The number of hydrogen-bond acceptors (Lipinski definition) is 6. The Morgan fingerprint density at radius 2 is 2.00 bits per heavy atom. The first-order valence-corrected chi connectivity index (χ1v) is 12.2. The van der Waals surface area contributed by atoms with Crippen LogP contribution in [0, 0.1) is 18.7 Å². The fourth-order valence-electron chi connectivity index (χ4n) is 5.03. The summed E-state index contributed by atoms with van der Waals surface area (Å²) < 4.78 is 49.8. The van der Waals surface area contributed by atoms with Gasteiger partial charge in [-0.25, -0.2) is 9.37 Å². The molecule has 1 saturated heterocycles. The number of thiazole rings is 1. The molecule has 3 aliphatic rings. The second-order valence-electron chi connectivity index (χ2n) is 9.10. The molecule has 2 aliphatic heterocycles. The van der Waals surface area contributed by atoms with E-state index >= 15 is 0 Å². The van der Waals surface area contributed by atoms with Gasteiger partial charge in [0.1, 0.15) is 11.5 Å². The van der Waals surface area contributed by atoms with Crippen LogP contribution < -0.4 is 14.8 Å². The predicted molar refractivity (Wildman–Crippen MR) is 124 cm³/mol. The SMILES string of the molecule is Cc1nc(C(=O)N2[C@H](CNC(=O)c3cccc4c3OC(F)(F)O4)C[C@@H]3C[C@@H]32)c(-c2cccc(F)c2)s1. The zero-order valence-corrected chi connectivity index (χ0v) is 19.8. The Labute approximate surface area is 207 Å². The lowest BCUT2D eigenvalue weighted by atomic mass is 10.1. The van der Waals surface area contributed by atoms with Crippen LogP contribution in [-0.4, -0.2) is 46.6 Å². The molecule has 0 radical (unpaired) electrons. The monoisotopic (exact) mass is 515 g/mol. The molecule has 1 saturated carbocycles. The Kier molecular flexibility index (Phi) is 5.22. The van der Waals surface area contributed by atoms with Gasteiger partial charge in [-0.2, -0.15) is 0 Å². The lowest BCUT2D eigenvalue weighted by molar-refractivity contribution is -0.286. The van der Waals surface area contributed by atoms with Gasteiger partial charge in [0.2, 0.25) is 0 Å². The number of para-hydroxylation sites is 1. The number of likely N-dealkylation sites (tertiary alicyclic amines) is 1. The molecule has 1 N–H and O–H groups in total. The summed E-state index contributed by atoms with van der Waals surface area (Å²) in [5.41, 5.74) is 0.771. The lowest BCUT2D eigenvalue weighted by Gasteiger charge is -2.27. The summed E-state index contributed by atoms with van der Waals surface area (Å²) in [6, 6.07) is 9.90. The average Bonchev–Trinajstić information content (AvgIpc) is 3.16. The molecule has 3 atom stereocenters. The van der Waals surface area contributed by atoms with Crippen LogP contribution in [0.3, 0.4) is 0 Å². The number of piperidine rings is 1. The number of ether oxygens (including phenoxy) is 2. The van der Waals surface area contributed by atoms with E-state index in [0.29, 0.717) is 27.8 Å². The van der Waals surface area contributed by atoms with Crippen molar-refractivity contribution < 1.29 is 32.2 Å². The molecule has 2 amide bonds. The molecule has 2 aromatic carbocycles. The fraction of sp³-hybridized carbons (Fsp3) is 0.320. The van der Waals surface area contributed by atoms with Gasteiger partial charge in [0, 0.05) is 12.6 Å². The largest absolute Gasteiger partial charge is 0.586 e. The summed E-state index contributed by atoms with van der Waals surface area (Å²) >= 11 is 1.32. The van der Waals surface area contributed by atoms with Crippen LogP contribution in [0.1, 0.15) is 38.7 Å². The van der Waals surface area contributed by atoms with E-state index in [-0.39, 0.29) is 47.3 Å². The highest BCUT2D eigenvalue weighted by atomic mass is 32.1. The summed E-state index contributed by atoms with van der Waals surface area (Å²) in [7, 11) is 0. The summed E-state index contributed by atoms with van der Waals surface area (Å²) in [4.78, 5) is 33.3. The molecule has 0 bridgehead atoms. The maximum absolute atomic E-state index is 13.9. The molecule has 36 heavy (non-hydrogen) atoms. The molecule has 0 unspecified atom stereocenters. The number of alkyl halides is 2. The second-order valence-corrected chi connectivity index (χ2v) is 10.3. The molecule has 3 aromatic rings. The molecule has 3 heterocycles. The molecule has 11 heteroatoms. The molecule has 2 fully saturated rings. The first kappa shape index (κ1) is 22.8. The molecule has 186 valence electrons. The molecule has 7 nitrogen and oxygen atoms in total. The van der Waals surface area contributed by atoms with Gasteiger partial charge < -0.3 is 19.7 Å². The predicted octanol–water partition coefficient (Wildman–Crippen LogP) is 4.61. The number of carbonyl (C=O) groups excluding carboxylic acids is 2. The van der Waals surface area contributed by atoms with Gasteiger partial charge in [0.15, 0.2) is 11.5 Å². The molecular formula is C25H20F3N3O4S. The number of halogens is 3. The zero-order valence-electron chi connectivity index (χ0n) is 19.0. The highest BCUT2D eigenvalue weighted by Gasteiger charge is 2.54. The van der Waals surface area contributed by atoms with Crippen LogP contribution in [-0.2, 0) is 0 Å². The Hall–Kier alpha value is -3.60. The van der Waals surface area contributed by atoms with Crippen LogP contribution in [0.25, 0.3) is 10.4 Å². The van der Waals surface area contributed by atoms with Gasteiger partial charge in [-0.1, -0.05) is 18.2 Å². The van der Waals surface area contributed by atoms with E-state index in [1.165, 1.54) is 41.7 Å². The van der Waals surface area contributed by atoms with Crippen LogP contribution in [0.4, 0.5) is 13.2 Å². The van der Waals surface area contributed by atoms with Crippen molar-refractivity contribution in [3.63, 3.8) is 0 Å². The van der Waals surface area contributed by atoms with E-state index in [1.54, 1.807) is 24.0 Å². The summed E-state index contributed by atoms with van der Waals surface area (Å²) in [5.74, 6) is -1.47. The van der Waals surface area contributed by atoms with Crippen molar-refractivity contribution in [1.82, 2.24) is 15.2 Å². The number of fused-ring (bicyclic) bond motifs is 2. The number of nitrogens with zero attached hydrogens (tertiary/aromatic N) is 2. The van der Waals surface area contributed by atoms with Crippen molar-refractivity contribution >= 4 is 23.2 Å². The molecule has 0 spiro atoms. The standard InChI is InChI=1S/C25H20F3N3O4S/c1-12-30-20(22(36-12)13-4-2-5-15(26)8-13)24(33)31-16(9-14-10-18(14)31)11-29-23(32)17-6-3-7-19-21(17)35-25(27,28)34-19/h2-8,14,16,18H,9-11H2,1H3,(H,29,32)/t14-,16+,18+/m1/s1. The van der Waals surface area contributed by atoms with E-state index < -0.39 is 18.0 Å². The van der Waals surface area contributed by atoms with Gasteiger partial charge in [-0.3, -0.25) is 9.59 Å². The van der Waals surface area contributed by atoms with E-state index in [2.05, 4.69) is 19.8 Å². The van der Waals surface area contributed by atoms with Crippen molar-refractivity contribution in [1.29, 1.82) is 0 Å². The Balaban J connectivity index is 1.21. The quantitative estimate of drug-likeness (QED) is 0.537. The molecule has 6 rings (SSSR count). The second kappa shape index (κ2) is 8.22. The van der Waals surface area contributed by atoms with Crippen molar-refractivity contribution in [2.45, 2.75) is 38.1 Å². The van der Waals surface area contributed by atoms with Crippen LogP contribution in [0.15, 0.2) is 42.5 Å². The minimum absolute atomic E-state index is 0.0539. The van der Waals surface area contributed by atoms with E-state index in [0.717, 1.165) is 6.42 Å². The Bertz CT molecular complexity index is 1390. The van der Waals surface area contributed by atoms with Crippen LogP contribution in [0.5, 0.6) is 11.5 Å². The number of rotatable bonds is 5. The average molecular weight is 516 g/mol. The number of carbonyl (C=O) groups is 2. The summed E-state index contributed by atoms with van der Waals surface area (Å²) in [6.45, 7) is 1.93. The smallest absolute Gasteiger partial charge is 0.395 e. The van der Waals surface area contributed by atoms with Gasteiger partial charge in [-0.15, -0.1) is 20.1 Å². The number of nitrogens with one attached hydrogen (secondary N) is 1. The van der Waals surface area contributed by atoms with Crippen molar-refractivity contribution in [2.24, 2.45) is 5.92 Å². The normalized spacial score (nSPS) is 22.9. The topological polar surface area (TPSA) is 80.8 Å². The Morgan fingerprint density at radius 3 is 2.81 bits per heavy atom. The third-order valence-corrected chi connectivity index (χ3v) is 7.66. The van der Waals surface area contributed by atoms with Crippen molar-refractivity contribution in [2.75, 3.05) is 6.54 Å². The highest BCUT2D eigenvalue weighted by molar-refractivity contribution is 7.15. The molecule has 1 aromatic heterocycles. The number of benzene rings is 2. The zero-order chi connectivity index (χ0) is 25.2. The summed E-state index contributed by atoms with van der Waals surface area (Å²) in [5, 5.41) is 3.44. The Morgan fingerprint density at radius 1 is 1.19 bits per heavy atom. The van der Waals surface area contributed by atoms with Gasteiger partial charge in [0.25, 0.3) is 11.8 Å². The first-order valence-electron chi connectivity index (χ1n) is 11.4. The van der Waals surface area contributed by atoms with Crippen molar-refractivity contribution in [3.05, 3.63) is 64.5 Å². The maximum atomic E-state index is 13.9. The van der Waals surface area contributed by atoms with E-state index in [4.69, 9.17) is 0 Å². The number of hydrogen-bond donors (Lipinski definition) is 1. The number of aromatic nitrogens is 1. The third-order valence-electron chi connectivity index (χ3n) is 6.64. The summed E-state index contributed by atoms with van der Waals surface area (Å²) in [6.07, 6.45) is -2.25. The lowest BCUT2D eigenvalue weighted by Crippen LogP contribution is -2.45. The number of amides is 2. The van der Waals surface area contributed by atoms with Gasteiger partial charge in [0.05, 0.1) is 21.5 Å². The highest BCUT2D eigenvalue weighted by Crippen LogP contribution is 2.49. The first-order chi connectivity index (χ1) is 17.2. The van der Waals surface area contributed by atoms with E-state index in [9.17, 15) is 22.8 Å². The number of aryl methyl sites for hydroxylation is 1. The van der Waals surface area contributed by atoms with Crippen LogP contribution >= 0.6 is 11.3 Å². The third kappa shape index (κ3) is 3.97. The maximum Gasteiger partial charge on any atom is 0.586 e. The molecule has 1 aliphatic carbocycles. The minimum atomic E-state index is -3.83. The van der Waals surface area contributed by atoms with Gasteiger partial charge >= 0.3 is 6.29 Å². The minimum Gasteiger partial charge on any atom is -0.395 e. The fourth-order valence-corrected chi connectivity index (χ4v) is 5.94. The van der Waals surface area contributed by atoms with Gasteiger partial charge in [-0.05, 0) is 55.5 Å².